The van der Waals surface area contributed by atoms with Crippen LogP contribution in [0.15, 0.2) is 71.2 Å². The summed E-state index contributed by atoms with van der Waals surface area (Å²) in [6.07, 6.45) is 1.36. The number of hydrogen-bond acceptors (Lipinski definition) is 7. The van der Waals surface area contributed by atoms with Crippen molar-refractivity contribution in [3.05, 3.63) is 99.4 Å². The van der Waals surface area contributed by atoms with E-state index in [1.54, 1.807) is 22.9 Å². The number of halogens is 1. The molecule has 0 bridgehead atoms. The Morgan fingerprint density at radius 2 is 1.74 bits per heavy atom. The van der Waals surface area contributed by atoms with E-state index >= 15 is 0 Å². The van der Waals surface area contributed by atoms with Gasteiger partial charge in [0.2, 0.25) is 6.29 Å². The maximum atomic E-state index is 14.0. The lowest BCUT2D eigenvalue weighted by Gasteiger charge is -2.36. The molecule has 2 aromatic carbocycles. The minimum atomic E-state index is -0.815. The van der Waals surface area contributed by atoms with Crippen LogP contribution in [-0.2, 0) is 37.3 Å². The van der Waals surface area contributed by atoms with Gasteiger partial charge in [0.25, 0.3) is 11.5 Å². The van der Waals surface area contributed by atoms with Crippen molar-refractivity contribution in [2.45, 2.75) is 39.0 Å². The van der Waals surface area contributed by atoms with Gasteiger partial charge in [-0.05, 0) is 56.2 Å². The van der Waals surface area contributed by atoms with Crippen LogP contribution in [0.2, 0.25) is 0 Å². The van der Waals surface area contributed by atoms with Crippen LogP contribution in [0, 0.1) is 18.7 Å². The molecule has 11 heteroatoms. The van der Waals surface area contributed by atoms with Crippen LogP contribution < -0.4 is 10.9 Å². The molecule has 0 spiro atoms. The standard InChI is InChI=1S/C32H40FN3O7/c1-4-42-32-26(14-16-40-18-19-41-17-15-37)27(20-28(43-32)30(38)34-21-23-10-12-24(33)13-11-23)29-22(2)35(3)36(31(29)39)25-8-6-5-7-9-25/h5-13,20,26-27,32,37H,4,14-19,21H2,1-3H3,(H,34,38)/t26-,27+,32-/m1/s1. The van der Waals surface area contributed by atoms with Gasteiger partial charge in [0, 0.05) is 49.9 Å². The fraction of sp³-hybridized carbons (Fsp3) is 0.438. The number of aliphatic hydroxyl groups is 1. The Hall–Kier alpha value is -3.77. The molecule has 0 saturated carbocycles. The summed E-state index contributed by atoms with van der Waals surface area (Å²) in [5.41, 5.74) is 2.55. The molecule has 0 saturated heterocycles. The summed E-state index contributed by atoms with van der Waals surface area (Å²) in [6, 6.07) is 15.2. The molecule has 232 valence electrons. The number of nitrogens with one attached hydrogen (secondary N) is 1. The van der Waals surface area contributed by atoms with Gasteiger partial charge in [-0.15, -0.1) is 0 Å². The molecule has 43 heavy (non-hydrogen) atoms. The fourth-order valence-electron chi connectivity index (χ4n) is 5.22. The monoisotopic (exact) mass is 597 g/mol. The van der Waals surface area contributed by atoms with Crippen LogP contribution in [-0.4, -0.2) is 66.3 Å². The highest BCUT2D eigenvalue weighted by Gasteiger charge is 2.41. The SMILES string of the molecule is CCO[C@@H]1OC(C(=O)NCc2ccc(F)cc2)=C[C@H](c2c(C)n(C)n(-c3ccccc3)c2=O)[C@H]1CCOCCOCCO. The number of allylic oxidation sites excluding steroid dienone is 1. The second-order valence-corrected chi connectivity index (χ2v) is 10.2. The molecule has 1 aliphatic heterocycles. The van der Waals surface area contributed by atoms with Crippen molar-refractivity contribution in [1.82, 2.24) is 14.7 Å². The van der Waals surface area contributed by atoms with E-state index in [4.69, 9.17) is 24.1 Å². The molecule has 3 atom stereocenters. The number of rotatable bonds is 15. The van der Waals surface area contributed by atoms with Gasteiger partial charge in [0.05, 0.1) is 32.1 Å². The molecular formula is C32H40FN3O7. The number of aromatic nitrogens is 2. The first-order chi connectivity index (χ1) is 20.8. The first kappa shape index (κ1) is 32.2. The van der Waals surface area contributed by atoms with Crippen molar-refractivity contribution in [1.29, 1.82) is 0 Å². The van der Waals surface area contributed by atoms with E-state index in [-0.39, 0.29) is 42.8 Å². The summed E-state index contributed by atoms with van der Waals surface area (Å²) < 4.78 is 39.9. The number of carbonyl (C=O) groups excluding carboxylic acids is 1. The number of para-hydroxylation sites is 1. The second kappa shape index (κ2) is 15.6. The maximum absolute atomic E-state index is 14.0. The molecule has 4 rings (SSSR count). The predicted molar refractivity (Wildman–Crippen MR) is 158 cm³/mol. The number of amides is 1. The van der Waals surface area contributed by atoms with Gasteiger partial charge in [0.15, 0.2) is 5.76 Å². The Morgan fingerprint density at radius 1 is 1.05 bits per heavy atom. The van der Waals surface area contributed by atoms with Gasteiger partial charge in [-0.3, -0.25) is 14.3 Å². The van der Waals surface area contributed by atoms with Gasteiger partial charge in [-0.2, -0.15) is 0 Å². The Kier molecular flexibility index (Phi) is 11.7. The van der Waals surface area contributed by atoms with E-state index in [9.17, 15) is 14.0 Å². The number of nitrogens with zero attached hydrogens (tertiary/aromatic N) is 2. The summed E-state index contributed by atoms with van der Waals surface area (Å²) in [6.45, 7) is 5.44. The molecule has 3 aromatic rings. The summed E-state index contributed by atoms with van der Waals surface area (Å²) in [4.78, 5) is 27.4. The summed E-state index contributed by atoms with van der Waals surface area (Å²) in [5, 5.41) is 11.7. The zero-order valence-corrected chi connectivity index (χ0v) is 24.8. The smallest absolute Gasteiger partial charge is 0.286 e. The Labute approximate surface area is 250 Å². The van der Waals surface area contributed by atoms with Gasteiger partial charge in [-0.1, -0.05) is 30.3 Å². The first-order valence-corrected chi connectivity index (χ1v) is 14.5. The fourth-order valence-corrected chi connectivity index (χ4v) is 5.22. The van der Waals surface area contributed by atoms with Crippen LogP contribution in [0.25, 0.3) is 5.69 Å². The summed E-state index contributed by atoms with van der Waals surface area (Å²) >= 11 is 0. The molecule has 1 aromatic heterocycles. The van der Waals surface area contributed by atoms with Crippen molar-refractivity contribution >= 4 is 5.91 Å². The average molecular weight is 598 g/mol. The van der Waals surface area contributed by atoms with Crippen LogP contribution in [0.4, 0.5) is 4.39 Å². The average Bonchev–Trinajstić information content (AvgIpc) is 3.24. The Morgan fingerprint density at radius 3 is 2.42 bits per heavy atom. The Balaban J connectivity index is 1.66. The summed E-state index contributed by atoms with van der Waals surface area (Å²) in [5.74, 6) is -1.64. The van der Waals surface area contributed by atoms with Gasteiger partial charge in [0.1, 0.15) is 5.82 Å². The van der Waals surface area contributed by atoms with E-state index < -0.39 is 18.1 Å². The largest absolute Gasteiger partial charge is 0.459 e. The lowest BCUT2D eigenvalue weighted by molar-refractivity contribution is -0.168. The van der Waals surface area contributed by atoms with Crippen molar-refractivity contribution < 1.29 is 33.2 Å². The molecule has 10 nitrogen and oxygen atoms in total. The molecule has 2 N–H and O–H groups in total. The molecule has 1 amide bonds. The summed E-state index contributed by atoms with van der Waals surface area (Å²) in [7, 11) is 1.83. The number of aliphatic hydroxyl groups excluding tert-OH is 1. The van der Waals surface area contributed by atoms with Gasteiger partial charge >= 0.3 is 0 Å². The van der Waals surface area contributed by atoms with Crippen molar-refractivity contribution in [3.8, 4) is 5.69 Å². The van der Waals surface area contributed by atoms with Gasteiger partial charge < -0.3 is 29.4 Å². The Bertz CT molecular complexity index is 1420. The molecule has 0 radical (unpaired) electrons. The minimum Gasteiger partial charge on any atom is -0.459 e. The molecule has 0 fully saturated rings. The number of benzene rings is 2. The highest BCUT2D eigenvalue weighted by molar-refractivity contribution is 5.91. The van der Waals surface area contributed by atoms with Crippen LogP contribution in [0.3, 0.4) is 0 Å². The topological polar surface area (TPSA) is 113 Å². The van der Waals surface area contributed by atoms with Crippen LogP contribution >= 0.6 is 0 Å². The minimum absolute atomic E-state index is 0.0500. The maximum Gasteiger partial charge on any atom is 0.286 e. The number of hydrogen-bond donors (Lipinski definition) is 2. The third-order valence-electron chi connectivity index (χ3n) is 7.44. The van der Waals surface area contributed by atoms with E-state index in [0.29, 0.717) is 38.4 Å². The lowest BCUT2D eigenvalue weighted by atomic mass is 9.81. The van der Waals surface area contributed by atoms with Crippen LogP contribution in [0.1, 0.15) is 36.1 Å². The van der Waals surface area contributed by atoms with Gasteiger partial charge in [-0.25, -0.2) is 9.07 Å². The lowest BCUT2D eigenvalue weighted by Crippen LogP contribution is -2.40. The third-order valence-corrected chi connectivity index (χ3v) is 7.44. The van der Waals surface area contributed by atoms with E-state index in [1.165, 1.54) is 12.1 Å². The van der Waals surface area contributed by atoms with E-state index in [2.05, 4.69) is 5.32 Å². The van der Waals surface area contributed by atoms with Crippen molar-refractivity contribution in [2.75, 3.05) is 39.6 Å². The quantitative estimate of drug-likeness (QED) is 0.259. The normalized spacial score (nSPS) is 18.3. The molecule has 0 unspecified atom stereocenters. The zero-order chi connectivity index (χ0) is 30.8. The highest BCUT2D eigenvalue weighted by Crippen LogP contribution is 2.39. The zero-order valence-electron chi connectivity index (χ0n) is 24.8. The van der Waals surface area contributed by atoms with Crippen molar-refractivity contribution in [2.24, 2.45) is 13.0 Å². The predicted octanol–water partition coefficient (Wildman–Crippen LogP) is 3.33. The van der Waals surface area contributed by atoms with Crippen molar-refractivity contribution in [3.63, 3.8) is 0 Å². The number of ether oxygens (including phenoxy) is 4. The number of carbonyl (C=O) groups is 1. The second-order valence-electron chi connectivity index (χ2n) is 10.2. The van der Waals surface area contributed by atoms with Crippen LogP contribution in [0.5, 0.6) is 0 Å². The highest BCUT2D eigenvalue weighted by atomic mass is 19.1. The third kappa shape index (κ3) is 7.99. The van der Waals surface area contributed by atoms with E-state index in [1.807, 2.05) is 55.9 Å². The molecule has 0 aliphatic carbocycles. The molecule has 1 aliphatic rings. The van der Waals surface area contributed by atoms with E-state index in [0.717, 1.165) is 16.9 Å². The molecule has 2 heterocycles. The first-order valence-electron chi connectivity index (χ1n) is 14.5. The molecular weight excluding hydrogens is 557 g/mol.